The molecule has 1 atom stereocenters. The Morgan fingerprint density at radius 1 is 1.47 bits per heavy atom. The fourth-order valence-electron chi connectivity index (χ4n) is 2.35. The minimum Gasteiger partial charge on any atom is -0.481 e. The summed E-state index contributed by atoms with van der Waals surface area (Å²) in [6.07, 6.45) is 3.87. The smallest absolute Gasteiger partial charge is 0.320 e. The average Bonchev–Trinajstić information content (AvgIpc) is 3.19. The van der Waals surface area contributed by atoms with E-state index >= 15 is 0 Å². The molecule has 0 aromatic rings. The highest BCUT2D eigenvalue weighted by Crippen LogP contribution is 2.29. The van der Waals surface area contributed by atoms with Gasteiger partial charge in [-0.25, -0.2) is 4.79 Å². The highest BCUT2D eigenvalue weighted by atomic mass is 32.2. The van der Waals surface area contributed by atoms with Crippen LogP contribution in [0, 0.1) is 0 Å². The highest BCUT2D eigenvalue weighted by molar-refractivity contribution is 7.99. The first-order chi connectivity index (χ1) is 9.13. The van der Waals surface area contributed by atoms with Crippen molar-refractivity contribution in [2.75, 3.05) is 24.6 Å². The molecule has 1 saturated carbocycles. The standard InChI is InChI=1S/C13H20N2O3S/c1-2-5-14(10-3-4-10)13(18)15-6-7-19-9-11(15)8-12(16)17/h2,10-11H,1,3-9H2,(H,16,17). The van der Waals surface area contributed by atoms with Crippen molar-refractivity contribution in [2.45, 2.75) is 31.3 Å². The number of thioether (sulfide) groups is 1. The van der Waals surface area contributed by atoms with E-state index in [1.165, 1.54) is 0 Å². The summed E-state index contributed by atoms with van der Waals surface area (Å²) in [6, 6.07) is 0.120. The topological polar surface area (TPSA) is 60.9 Å². The van der Waals surface area contributed by atoms with Crippen LogP contribution < -0.4 is 0 Å². The first-order valence-corrected chi connectivity index (χ1v) is 7.76. The zero-order valence-electron chi connectivity index (χ0n) is 11.0. The lowest BCUT2D eigenvalue weighted by Gasteiger charge is -2.38. The van der Waals surface area contributed by atoms with Gasteiger partial charge in [0.05, 0.1) is 12.5 Å². The van der Waals surface area contributed by atoms with E-state index in [1.54, 1.807) is 22.7 Å². The van der Waals surface area contributed by atoms with Gasteiger partial charge >= 0.3 is 12.0 Å². The van der Waals surface area contributed by atoms with Crippen LogP contribution in [0.5, 0.6) is 0 Å². The van der Waals surface area contributed by atoms with E-state index in [4.69, 9.17) is 5.11 Å². The van der Waals surface area contributed by atoms with E-state index in [1.807, 2.05) is 4.90 Å². The monoisotopic (exact) mass is 284 g/mol. The molecule has 0 bridgehead atoms. The van der Waals surface area contributed by atoms with Gasteiger partial charge in [-0.1, -0.05) is 6.08 Å². The van der Waals surface area contributed by atoms with Crippen LogP contribution in [0.1, 0.15) is 19.3 Å². The number of hydrogen-bond donors (Lipinski definition) is 1. The van der Waals surface area contributed by atoms with Crippen molar-refractivity contribution < 1.29 is 14.7 Å². The molecule has 2 amide bonds. The number of aliphatic carboxylic acids is 1. The highest BCUT2D eigenvalue weighted by Gasteiger charge is 2.37. The molecule has 0 radical (unpaired) electrons. The lowest BCUT2D eigenvalue weighted by atomic mass is 10.2. The van der Waals surface area contributed by atoms with Gasteiger partial charge < -0.3 is 14.9 Å². The van der Waals surface area contributed by atoms with Gasteiger partial charge in [-0.2, -0.15) is 11.8 Å². The van der Waals surface area contributed by atoms with E-state index in [2.05, 4.69) is 6.58 Å². The van der Waals surface area contributed by atoms with E-state index in [0.717, 1.165) is 18.6 Å². The molecule has 0 aromatic carbocycles. The Morgan fingerprint density at radius 3 is 2.79 bits per heavy atom. The maximum absolute atomic E-state index is 12.6. The Kier molecular flexibility index (Phi) is 4.74. The Bertz CT molecular complexity index is 371. The molecule has 1 aliphatic carbocycles. The summed E-state index contributed by atoms with van der Waals surface area (Å²) in [5, 5.41) is 8.95. The van der Waals surface area contributed by atoms with Crippen LogP contribution in [0.25, 0.3) is 0 Å². The summed E-state index contributed by atoms with van der Waals surface area (Å²) in [7, 11) is 0. The SMILES string of the molecule is C=CCN(C(=O)N1CCSCC1CC(=O)O)C1CC1. The minimum absolute atomic E-state index is 0.0195. The molecule has 106 valence electrons. The van der Waals surface area contributed by atoms with Crippen LogP contribution in [0.4, 0.5) is 4.79 Å². The lowest BCUT2D eigenvalue weighted by molar-refractivity contribution is -0.138. The molecule has 5 nitrogen and oxygen atoms in total. The molecule has 1 N–H and O–H groups in total. The Morgan fingerprint density at radius 2 is 2.21 bits per heavy atom. The van der Waals surface area contributed by atoms with Gasteiger partial charge in [-0.05, 0) is 12.8 Å². The molecule has 1 aliphatic heterocycles. The number of carboxylic acid groups (broad SMARTS) is 1. The maximum atomic E-state index is 12.6. The van der Waals surface area contributed by atoms with Crippen molar-refractivity contribution >= 4 is 23.8 Å². The molecular formula is C13H20N2O3S. The first-order valence-electron chi connectivity index (χ1n) is 6.61. The van der Waals surface area contributed by atoms with E-state index in [-0.39, 0.29) is 18.5 Å². The Hall–Kier alpha value is -1.17. The van der Waals surface area contributed by atoms with Crippen molar-refractivity contribution in [2.24, 2.45) is 0 Å². The number of carbonyl (C=O) groups excluding carboxylic acids is 1. The van der Waals surface area contributed by atoms with Crippen molar-refractivity contribution in [3.8, 4) is 0 Å². The molecular weight excluding hydrogens is 264 g/mol. The molecule has 0 spiro atoms. The summed E-state index contributed by atoms with van der Waals surface area (Å²) < 4.78 is 0. The Balaban J connectivity index is 2.04. The first kappa shape index (κ1) is 14.2. The van der Waals surface area contributed by atoms with Crippen LogP contribution in [-0.2, 0) is 4.79 Å². The average molecular weight is 284 g/mol. The quantitative estimate of drug-likeness (QED) is 0.780. The van der Waals surface area contributed by atoms with Gasteiger partial charge in [0.2, 0.25) is 0 Å². The molecule has 2 rings (SSSR count). The normalized spacial score (nSPS) is 22.9. The summed E-state index contributed by atoms with van der Waals surface area (Å²) in [5.74, 6) is 0.756. The summed E-state index contributed by atoms with van der Waals surface area (Å²) in [6.45, 7) is 4.88. The third kappa shape index (κ3) is 3.65. The van der Waals surface area contributed by atoms with Gasteiger partial charge in [0.15, 0.2) is 0 Å². The predicted octanol–water partition coefficient (Wildman–Crippen LogP) is 1.65. The Labute approximate surface area is 117 Å². The fraction of sp³-hybridized carbons (Fsp3) is 0.692. The molecule has 2 fully saturated rings. The molecule has 1 saturated heterocycles. The van der Waals surface area contributed by atoms with E-state index < -0.39 is 5.97 Å². The summed E-state index contributed by atoms with van der Waals surface area (Å²) in [5.41, 5.74) is 0. The zero-order chi connectivity index (χ0) is 13.8. The third-order valence-corrected chi connectivity index (χ3v) is 4.53. The largest absolute Gasteiger partial charge is 0.481 e. The van der Waals surface area contributed by atoms with Crippen molar-refractivity contribution in [3.63, 3.8) is 0 Å². The van der Waals surface area contributed by atoms with Crippen LogP contribution >= 0.6 is 11.8 Å². The number of nitrogens with zero attached hydrogens (tertiary/aromatic N) is 2. The second kappa shape index (κ2) is 6.32. The molecule has 19 heavy (non-hydrogen) atoms. The molecule has 2 aliphatic rings. The maximum Gasteiger partial charge on any atom is 0.320 e. The number of hydrogen-bond acceptors (Lipinski definition) is 3. The minimum atomic E-state index is -0.841. The van der Waals surface area contributed by atoms with Crippen molar-refractivity contribution in [1.82, 2.24) is 9.80 Å². The van der Waals surface area contributed by atoms with Gasteiger partial charge in [0.25, 0.3) is 0 Å². The van der Waals surface area contributed by atoms with Gasteiger partial charge in [-0.3, -0.25) is 4.79 Å². The third-order valence-electron chi connectivity index (χ3n) is 3.44. The number of urea groups is 1. The van der Waals surface area contributed by atoms with Gasteiger partial charge in [-0.15, -0.1) is 6.58 Å². The molecule has 1 heterocycles. The number of carboxylic acids is 1. The van der Waals surface area contributed by atoms with Gasteiger partial charge in [0.1, 0.15) is 0 Å². The van der Waals surface area contributed by atoms with Crippen molar-refractivity contribution in [3.05, 3.63) is 12.7 Å². The van der Waals surface area contributed by atoms with Crippen LogP contribution in [0.3, 0.4) is 0 Å². The number of carbonyl (C=O) groups is 2. The lowest BCUT2D eigenvalue weighted by Crippen LogP contribution is -2.53. The molecule has 0 aromatic heterocycles. The van der Waals surface area contributed by atoms with Crippen molar-refractivity contribution in [1.29, 1.82) is 0 Å². The van der Waals surface area contributed by atoms with E-state index in [9.17, 15) is 9.59 Å². The summed E-state index contributed by atoms with van der Waals surface area (Å²) in [4.78, 5) is 27.0. The van der Waals surface area contributed by atoms with E-state index in [0.29, 0.717) is 24.9 Å². The van der Waals surface area contributed by atoms with Crippen LogP contribution in [-0.4, -0.2) is 63.6 Å². The second-order valence-corrected chi connectivity index (χ2v) is 6.12. The molecule has 6 heteroatoms. The number of rotatable bonds is 5. The number of amides is 2. The predicted molar refractivity (Wildman–Crippen MR) is 75.4 cm³/mol. The zero-order valence-corrected chi connectivity index (χ0v) is 11.8. The van der Waals surface area contributed by atoms with Gasteiger partial charge in [0, 0.05) is 30.6 Å². The molecule has 1 unspecified atom stereocenters. The summed E-state index contributed by atoms with van der Waals surface area (Å²) >= 11 is 1.72. The van der Waals surface area contributed by atoms with Crippen LogP contribution in [0.2, 0.25) is 0 Å². The fourth-order valence-corrected chi connectivity index (χ4v) is 3.41. The second-order valence-electron chi connectivity index (χ2n) is 4.97. The van der Waals surface area contributed by atoms with Crippen LogP contribution in [0.15, 0.2) is 12.7 Å².